The van der Waals surface area contributed by atoms with Crippen LogP contribution in [0.4, 0.5) is 17.1 Å². The van der Waals surface area contributed by atoms with Gasteiger partial charge in [-0.25, -0.2) is 0 Å². The van der Waals surface area contributed by atoms with Crippen LogP contribution in [0.1, 0.15) is 6.42 Å². The van der Waals surface area contributed by atoms with Crippen molar-refractivity contribution in [1.29, 1.82) is 0 Å². The molecule has 6 nitrogen and oxygen atoms in total. The molecule has 0 atom stereocenters. The van der Waals surface area contributed by atoms with Gasteiger partial charge in [0.1, 0.15) is 7.14 Å². The fourth-order valence-corrected chi connectivity index (χ4v) is 4.39. The molecule has 2 heterocycles. The maximum Gasteiger partial charge on any atom is 0.391 e. The van der Waals surface area contributed by atoms with Gasteiger partial charge in [0.05, 0.1) is 17.1 Å². The highest BCUT2D eigenvalue weighted by Crippen LogP contribution is 2.37. The molecule has 2 N–H and O–H groups in total. The van der Waals surface area contributed by atoms with Gasteiger partial charge in [0, 0.05) is 18.4 Å². The summed E-state index contributed by atoms with van der Waals surface area (Å²) >= 11 is 0. The molecule has 2 aliphatic rings. The number of nitrogens with one attached hydrogen (secondary N) is 2. The van der Waals surface area contributed by atoms with E-state index in [1.165, 1.54) is 0 Å². The summed E-state index contributed by atoms with van der Waals surface area (Å²) in [6.45, 7) is 5.39. The van der Waals surface area contributed by atoms with Crippen LogP contribution in [0, 0.1) is 18.2 Å². The SMILES string of the molecule is CP(C)(=O)c1ccccc1NC1=NC(Nc2c#cc(N3CC=CCC3)cc2)=NC=[C+]1. The zero-order chi connectivity index (χ0) is 21.0. The molecular formula is C23H23N5OP+. The molecule has 0 radical (unpaired) electrons. The van der Waals surface area contributed by atoms with E-state index in [9.17, 15) is 4.57 Å². The summed E-state index contributed by atoms with van der Waals surface area (Å²) in [5, 5.41) is 7.13. The predicted molar refractivity (Wildman–Crippen MR) is 126 cm³/mol. The van der Waals surface area contributed by atoms with E-state index in [-0.39, 0.29) is 0 Å². The number of aliphatic imine (C=N–C) groups is 2. The minimum absolute atomic E-state index is 0.420. The lowest BCUT2D eigenvalue weighted by atomic mass is 10.2. The quantitative estimate of drug-likeness (QED) is 0.451. The van der Waals surface area contributed by atoms with Crippen molar-refractivity contribution in [1.82, 2.24) is 0 Å². The van der Waals surface area contributed by atoms with E-state index in [1.54, 1.807) is 19.5 Å². The van der Waals surface area contributed by atoms with Crippen LogP contribution in [-0.2, 0) is 4.57 Å². The standard InChI is InChI=1S/C23H23N5OP/c1-30(2,29)21-9-5-4-8-20(21)26-22-14-15-24-23(27-22)25-18-10-12-19(13-11-18)28-16-6-3-7-17-28/h3-6,8-10,12,15H,7,16-17H2,1-2H3,(H2,24,25,26,27)/q+1. The van der Waals surface area contributed by atoms with Gasteiger partial charge >= 0.3 is 11.9 Å². The first kappa shape index (κ1) is 19.9. The van der Waals surface area contributed by atoms with Crippen LogP contribution < -0.4 is 20.8 Å². The Labute approximate surface area is 177 Å². The van der Waals surface area contributed by atoms with Crippen molar-refractivity contribution in [2.45, 2.75) is 6.42 Å². The van der Waals surface area contributed by atoms with Gasteiger partial charge in [0.25, 0.3) is 6.20 Å². The first-order valence-electron chi connectivity index (χ1n) is 9.76. The Morgan fingerprint density at radius 3 is 2.70 bits per heavy atom. The minimum atomic E-state index is -2.43. The van der Waals surface area contributed by atoms with Crippen LogP contribution in [0.3, 0.4) is 0 Å². The molecule has 0 bridgehead atoms. The second-order valence-corrected chi connectivity index (χ2v) is 10.6. The lowest BCUT2D eigenvalue weighted by Gasteiger charge is -2.23. The summed E-state index contributed by atoms with van der Waals surface area (Å²) in [5.41, 5.74) is 2.51. The van der Waals surface area contributed by atoms with Gasteiger partial charge in [-0.3, -0.25) is 5.32 Å². The van der Waals surface area contributed by atoms with E-state index in [4.69, 9.17) is 0 Å². The number of amidine groups is 1. The van der Waals surface area contributed by atoms with E-state index in [1.807, 2.05) is 36.4 Å². The van der Waals surface area contributed by atoms with Crippen molar-refractivity contribution < 1.29 is 4.57 Å². The Morgan fingerprint density at radius 1 is 1.10 bits per heavy atom. The van der Waals surface area contributed by atoms with E-state index in [0.717, 1.165) is 41.9 Å². The molecule has 2 aliphatic heterocycles. The number of benzene rings is 1. The van der Waals surface area contributed by atoms with E-state index in [0.29, 0.717) is 11.8 Å². The van der Waals surface area contributed by atoms with Crippen molar-refractivity contribution in [3.63, 3.8) is 0 Å². The number of hydrogen-bond acceptors (Lipinski definition) is 6. The zero-order valence-corrected chi connectivity index (χ0v) is 17.9. The molecule has 0 spiro atoms. The fraction of sp³-hybridized carbons (Fsp3) is 0.217. The van der Waals surface area contributed by atoms with Crippen LogP contribution in [0.5, 0.6) is 0 Å². The highest BCUT2D eigenvalue weighted by molar-refractivity contribution is 7.70. The van der Waals surface area contributed by atoms with Crippen LogP contribution in [0.15, 0.2) is 64.7 Å². The van der Waals surface area contributed by atoms with Gasteiger partial charge in [0.2, 0.25) is 5.96 Å². The van der Waals surface area contributed by atoms with E-state index >= 15 is 0 Å². The molecule has 4 rings (SSSR count). The third-order valence-corrected chi connectivity index (χ3v) is 6.27. The molecular weight excluding hydrogens is 393 g/mol. The molecule has 0 saturated heterocycles. The van der Waals surface area contributed by atoms with Crippen LogP contribution >= 0.6 is 7.14 Å². The van der Waals surface area contributed by atoms with E-state index in [2.05, 4.69) is 55.9 Å². The molecule has 2 aromatic carbocycles. The maximum absolute atomic E-state index is 12.6. The predicted octanol–water partition coefficient (Wildman–Crippen LogP) is 3.91. The van der Waals surface area contributed by atoms with Crippen molar-refractivity contribution in [2.75, 3.05) is 42.0 Å². The van der Waals surface area contributed by atoms with Gasteiger partial charge in [0.15, 0.2) is 0 Å². The molecule has 0 unspecified atom stereocenters. The number of nitrogens with zero attached hydrogens (tertiary/aromatic N) is 3. The van der Waals surface area contributed by atoms with Gasteiger partial charge in [-0.1, -0.05) is 24.3 Å². The lowest BCUT2D eigenvalue weighted by Crippen LogP contribution is -2.26. The molecule has 7 heteroatoms. The number of guanidine groups is 1. The third kappa shape index (κ3) is 4.78. The molecule has 2 aromatic rings. The number of rotatable bonds is 4. The Bertz CT molecular complexity index is 1080. The molecule has 0 fully saturated rings. The monoisotopic (exact) mass is 416 g/mol. The summed E-state index contributed by atoms with van der Waals surface area (Å²) in [4.78, 5) is 11.0. The first-order valence-corrected chi connectivity index (χ1v) is 12.4. The van der Waals surface area contributed by atoms with Gasteiger partial charge < -0.3 is 14.8 Å². The molecule has 0 aromatic heterocycles. The van der Waals surface area contributed by atoms with Crippen LogP contribution in [0.2, 0.25) is 0 Å². The van der Waals surface area contributed by atoms with Crippen LogP contribution in [-0.4, -0.2) is 38.2 Å². The summed E-state index contributed by atoms with van der Waals surface area (Å²) < 4.78 is 12.6. The zero-order valence-electron chi connectivity index (χ0n) is 17.0. The fourth-order valence-electron chi connectivity index (χ4n) is 3.24. The topological polar surface area (TPSA) is 69.1 Å². The number of para-hydroxylation sites is 1. The minimum Gasteiger partial charge on any atom is -0.361 e. The highest BCUT2D eigenvalue weighted by atomic mass is 31.2. The first-order chi connectivity index (χ1) is 14.5. The van der Waals surface area contributed by atoms with Crippen molar-refractivity contribution in [3.8, 4) is 0 Å². The average Bonchev–Trinajstić information content (AvgIpc) is 2.75. The maximum atomic E-state index is 12.6. The summed E-state index contributed by atoms with van der Waals surface area (Å²) in [6.07, 6.45) is 9.94. The van der Waals surface area contributed by atoms with Gasteiger partial charge in [-0.15, -0.1) is 4.99 Å². The average molecular weight is 416 g/mol. The Balaban J connectivity index is 1.45. The lowest BCUT2D eigenvalue weighted by molar-refractivity contribution is 0.588. The summed E-state index contributed by atoms with van der Waals surface area (Å²) in [5.74, 6) is 0.914. The van der Waals surface area contributed by atoms with Crippen molar-refractivity contribution >= 4 is 41.3 Å². The summed E-state index contributed by atoms with van der Waals surface area (Å²) in [7, 11) is -2.43. The second kappa shape index (κ2) is 8.55. The summed E-state index contributed by atoms with van der Waals surface area (Å²) in [6, 6.07) is 17.8. The second-order valence-electron chi connectivity index (χ2n) is 7.39. The Hall–Kier alpha value is -3.38. The molecule has 0 saturated carbocycles. The van der Waals surface area contributed by atoms with Crippen molar-refractivity contribution in [2.24, 2.45) is 9.98 Å². The smallest absolute Gasteiger partial charge is 0.361 e. The highest BCUT2D eigenvalue weighted by Gasteiger charge is 2.21. The molecule has 0 amide bonds. The Morgan fingerprint density at radius 2 is 1.97 bits per heavy atom. The number of hydrogen-bond donors (Lipinski definition) is 2. The van der Waals surface area contributed by atoms with E-state index < -0.39 is 7.14 Å². The molecule has 30 heavy (non-hydrogen) atoms. The van der Waals surface area contributed by atoms with Gasteiger partial charge in [-0.2, -0.15) is 4.99 Å². The van der Waals surface area contributed by atoms with Gasteiger partial charge in [-0.05, 0) is 56.1 Å². The van der Waals surface area contributed by atoms with Crippen LogP contribution in [0.25, 0.3) is 0 Å². The third-order valence-electron chi connectivity index (χ3n) is 4.72. The largest absolute Gasteiger partial charge is 0.391 e. The molecule has 150 valence electrons. The number of anilines is 3. The normalized spacial score (nSPS) is 15.6. The van der Waals surface area contributed by atoms with Crippen molar-refractivity contribution in [3.05, 3.63) is 73.0 Å². The Kier molecular flexibility index (Phi) is 5.68. The molecule has 0 aliphatic carbocycles.